The van der Waals surface area contributed by atoms with Gasteiger partial charge in [0.2, 0.25) is 53.2 Å². The van der Waals surface area contributed by atoms with E-state index in [1.807, 2.05) is 0 Å². The molecule has 2 bridgehead atoms. The third-order valence-corrected chi connectivity index (χ3v) is 14.4. The smallest absolute Gasteiger partial charge is 0.253 e. The number of aromatic amines is 1. The number of carbonyl (C=O) groups is 11. The number of benzene rings is 1. The van der Waals surface area contributed by atoms with Crippen LogP contribution in [0.15, 0.2) is 35.4 Å². The Labute approximate surface area is 418 Å². The minimum Gasteiger partial charge on any atom is -0.492 e. The number of nitrogens with zero attached hydrogens (tertiary/aromatic N) is 2. The Morgan fingerprint density at radius 3 is 2.18 bits per heavy atom. The molecule has 28 heteroatoms. The first-order chi connectivity index (χ1) is 34.6. The van der Waals surface area contributed by atoms with Crippen LogP contribution in [-0.2, 0) is 70.0 Å². The molecule has 5 heterocycles. The standard InChI is InChI=1S/C45H59N11O16S/c1-4-20(2)37-42(68)48-15-33(61)49-29-19-73(71)44-25(24-6-5-23(12-26(24)52-44)72-10-9-55-35(63)7-8-36(55)64)13-27(39(65)47-16-34(62)53-37)50-43(69)38(21(3)31(59)18-57)54-41(67)30-11-22(58)17-56(30)45(70)28(14-32(46)60)51-40(29)66/h5-8,12,20-22,27-31,37-38,52,57-59H,4,9-11,13-19H2,1-3H3,(H2,46,60)(H,47,65)(H,48,68)(H,49,61)(H,50,69)(H,51,66)(H,53,62)(H,54,67)/t20-,21-,22+,27+,28-,29-,30-,31-,37-,38-,73?/m0/s1. The molecule has 396 valence electrons. The average Bonchev–Trinajstić information content (AvgIpc) is 4.03. The number of H-pyrrole nitrogens is 1. The van der Waals surface area contributed by atoms with E-state index in [0.717, 1.165) is 22.0 Å². The number of fused-ring (bicyclic) bond motifs is 5. The molecule has 0 aliphatic carbocycles. The Kier molecular flexibility index (Phi) is 18.1. The number of nitrogens with one attached hydrogen (secondary N) is 8. The molecule has 0 spiro atoms. The number of primary amides is 1. The summed E-state index contributed by atoms with van der Waals surface area (Å²) >= 11 is 0. The third-order valence-electron chi connectivity index (χ3n) is 13.0. The lowest BCUT2D eigenvalue weighted by Gasteiger charge is -2.32. The van der Waals surface area contributed by atoms with Crippen molar-refractivity contribution in [1.29, 1.82) is 0 Å². The molecule has 11 amide bonds. The van der Waals surface area contributed by atoms with Crippen LogP contribution in [-0.4, -0.2) is 193 Å². The second-order valence-corrected chi connectivity index (χ2v) is 19.6. The number of amides is 11. The zero-order chi connectivity index (χ0) is 53.4. The highest BCUT2D eigenvalue weighted by Gasteiger charge is 2.45. The highest BCUT2D eigenvalue weighted by atomic mass is 32.2. The lowest BCUT2D eigenvalue weighted by atomic mass is 9.93. The van der Waals surface area contributed by atoms with Crippen LogP contribution in [0.4, 0.5) is 0 Å². The Morgan fingerprint density at radius 1 is 0.849 bits per heavy atom. The maximum atomic E-state index is 14.9. The molecule has 1 fully saturated rings. The van der Waals surface area contributed by atoms with Crippen molar-refractivity contribution in [2.45, 2.75) is 99.9 Å². The molecule has 2 aromatic rings. The monoisotopic (exact) mass is 1040 g/mol. The van der Waals surface area contributed by atoms with Gasteiger partial charge >= 0.3 is 0 Å². The van der Waals surface area contributed by atoms with Gasteiger partial charge in [-0.25, -0.2) is 0 Å². The van der Waals surface area contributed by atoms with Crippen molar-refractivity contribution in [3.05, 3.63) is 35.9 Å². The van der Waals surface area contributed by atoms with Gasteiger partial charge in [0, 0.05) is 48.9 Å². The maximum absolute atomic E-state index is 14.9. The molecule has 4 aliphatic heterocycles. The van der Waals surface area contributed by atoms with E-state index in [1.54, 1.807) is 13.8 Å². The van der Waals surface area contributed by atoms with Crippen LogP contribution in [0.25, 0.3) is 10.9 Å². The normalized spacial score (nSPS) is 27.4. The van der Waals surface area contributed by atoms with Crippen LogP contribution in [0.2, 0.25) is 0 Å². The molecule has 0 radical (unpaired) electrons. The summed E-state index contributed by atoms with van der Waals surface area (Å²) in [7, 11) is -2.44. The van der Waals surface area contributed by atoms with Crippen molar-refractivity contribution in [2.75, 3.05) is 45.1 Å². The van der Waals surface area contributed by atoms with E-state index in [1.165, 1.54) is 25.1 Å². The molecule has 1 unspecified atom stereocenters. The molecule has 11 atom stereocenters. The highest BCUT2D eigenvalue weighted by Crippen LogP contribution is 2.31. The Morgan fingerprint density at radius 2 is 1.52 bits per heavy atom. The van der Waals surface area contributed by atoms with Gasteiger partial charge in [-0.1, -0.05) is 27.2 Å². The molecule has 0 saturated carbocycles. The number of rotatable bonds is 11. The zero-order valence-corrected chi connectivity index (χ0v) is 40.8. The van der Waals surface area contributed by atoms with Gasteiger partial charge in [-0.3, -0.25) is 61.8 Å². The molecule has 1 aromatic heterocycles. The van der Waals surface area contributed by atoms with Crippen molar-refractivity contribution in [2.24, 2.45) is 17.6 Å². The number of aliphatic hydroxyl groups excluding tert-OH is 3. The summed E-state index contributed by atoms with van der Waals surface area (Å²) in [6.07, 6.45) is -2.37. The number of nitrogens with two attached hydrogens (primary N) is 1. The van der Waals surface area contributed by atoms with E-state index < -0.39 is 187 Å². The van der Waals surface area contributed by atoms with E-state index in [4.69, 9.17) is 10.5 Å². The molecule has 6 rings (SSSR count). The molecule has 4 aliphatic rings. The molecular formula is C45H59N11O16S. The second-order valence-electron chi connectivity index (χ2n) is 18.1. The topological polar surface area (TPSA) is 407 Å². The van der Waals surface area contributed by atoms with Gasteiger partial charge in [0.05, 0.1) is 66.9 Å². The van der Waals surface area contributed by atoms with Crippen molar-refractivity contribution < 1.29 is 77.0 Å². The van der Waals surface area contributed by atoms with Crippen LogP contribution in [0, 0.1) is 11.8 Å². The first-order valence-electron chi connectivity index (χ1n) is 23.4. The van der Waals surface area contributed by atoms with Crippen LogP contribution < -0.4 is 47.7 Å². The van der Waals surface area contributed by atoms with Gasteiger partial charge in [-0.2, -0.15) is 0 Å². The van der Waals surface area contributed by atoms with Gasteiger partial charge in [0.1, 0.15) is 53.6 Å². The van der Waals surface area contributed by atoms with E-state index >= 15 is 0 Å². The predicted molar refractivity (Wildman–Crippen MR) is 252 cm³/mol. The van der Waals surface area contributed by atoms with Crippen LogP contribution >= 0.6 is 0 Å². The third kappa shape index (κ3) is 13.2. The Bertz CT molecular complexity index is 2590. The molecule has 1 saturated heterocycles. The molecule has 27 nitrogen and oxygen atoms in total. The van der Waals surface area contributed by atoms with Crippen molar-refractivity contribution in [3.63, 3.8) is 0 Å². The second kappa shape index (κ2) is 23.9. The van der Waals surface area contributed by atoms with Gasteiger partial charge in [0.15, 0.2) is 0 Å². The number of hydrogen-bond acceptors (Lipinski definition) is 16. The number of hydrogen-bond donors (Lipinski definition) is 12. The van der Waals surface area contributed by atoms with E-state index in [2.05, 4.69) is 42.2 Å². The molecule has 1 aromatic carbocycles. The fraction of sp³-hybridized carbons (Fsp3) is 0.533. The van der Waals surface area contributed by atoms with Gasteiger partial charge in [-0.15, -0.1) is 0 Å². The number of ether oxygens (including phenoxy) is 1. The predicted octanol–water partition coefficient (Wildman–Crippen LogP) is -6.32. The molecule has 13 N–H and O–H groups in total. The largest absolute Gasteiger partial charge is 0.492 e. The first-order valence-corrected chi connectivity index (χ1v) is 24.7. The first kappa shape index (κ1) is 55.0. The van der Waals surface area contributed by atoms with Gasteiger partial charge in [0.25, 0.3) is 11.8 Å². The summed E-state index contributed by atoms with van der Waals surface area (Å²) in [5.41, 5.74) is 5.77. The summed E-state index contributed by atoms with van der Waals surface area (Å²) in [6, 6.07) is -5.76. The van der Waals surface area contributed by atoms with Crippen LogP contribution in [0.5, 0.6) is 5.75 Å². The minimum atomic E-state index is -2.44. The number of carbonyl (C=O) groups excluding carboxylic acids is 11. The quantitative estimate of drug-likeness (QED) is 0.0932. The van der Waals surface area contributed by atoms with E-state index in [-0.39, 0.29) is 40.4 Å². The lowest BCUT2D eigenvalue weighted by molar-refractivity contribution is -0.144. The van der Waals surface area contributed by atoms with E-state index in [9.17, 15) is 72.3 Å². The van der Waals surface area contributed by atoms with Gasteiger partial charge < -0.3 is 72.9 Å². The molecule has 73 heavy (non-hydrogen) atoms. The summed E-state index contributed by atoms with van der Waals surface area (Å²) in [5, 5.41) is 48.8. The minimum absolute atomic E-state index is 0.0577. The summed E-state index contributed by atoms with van der Waals surface area (Å²) in [5.74, 6) is -13.0. The SMILES string of the molecule is CC[C@H](C)[C@@H]1NC(=O)CNC(=O)[C@H]2Cc3c([nH]c4cc(OCCN5C(=O)C=CC5=O)ccc34)S(=O)C[C@H](NC(=O)CNC1=O)C(=O)N[C@@H](CC(N)=O)C(=O)N1C[C@H](O)C[C@H]1C(=O)N[C@@H]([C@@H](C)[C@@H](O)CO)C(=O)N2. The Hall–Kier alpha value is -7.30. The highest BCUT2D eigenvalue weighted by molar-refractivity contribution is 7.85. The molecular weight excluding hydrogens is 983 g/mol. The van der Waals surface area contributed by atoms with Crippen LogP contribution in [0.1, 0.15) is 45.6 Å². The summed E-state index contributed by atoms with van der Waals surface area (Å²) in [4.78, 5) is 154. The Balaban J connectivity index is 1.52. The average molecular weight is 1040 g/mol. The van der Waals surface area contributed by atoms with Crippen molar-refractivity contribution in [1.82, 2.24) is 52.0 Å². The fourth-order valence-corrected chi connectivity index (χ4v) is 10.1. The van der Waals surface area contributed by atoms with Crippen molar-refractivity contribution in [3.8, 4) is 5.75 Å². The number of aliphatic hydroxyl groups is 3. The zero-order valence-electron chi connectivity index (χ0n) is 40.0. The summed E-state index contributed by atoms with van der Waals surface area (Å²) < 4.78 is 20.7. The van der Waals surface area contributed by atoms with Gasteiger partial charge in [-0.05, 0) is 23.6 Å². The van der Waals surface area contributed by atoms with Crippen LogP contribution in [0.3, 0.4) is 0 Å². The van der Waals surface area contributed by atoms with Crippen molar-refractivity contribution >= 4 is 86.7 Å². The number of aromatic nitrogens is 1. The lowest BCUT2D eigenvalue weighted by Crippen LogP contribution is -2.62. The maximum Gasteiger partial charge on any atom is 0.253 e. The number of imide groups is 1. The fourth-order valence-electron chi connectivity index (χ4n) is 8.69. The van der Waals surface area contributed by atoms with E-state index in [0.29, 0.717) is 6.42 Å². The summed E-state index contributed by atoms with van der Waals surface area (Å²) in [6.45, 7) is 1.35.